The van der Waals surface area contributed by atoms with Gasteiger partial charge in [-0.15, -0.1) is 0 Å². The molecule has 65 heavy (non-hydrogen) atoms. The lowest BCUT2D eigenvalue weighted by atomic mass is 9.88. The van der Waals surface area contributed by atoms with E-state index in [9.17, 15) is 0 Å². The van der Waals surface area contributed by atoms with Crippen LogP contribution in [0.3, 0.4) is 0 Å². The first-order valence-corrected chi connectivity index (χ1v) is 27.0. The number of piperidine rings is 2. The van der Waals surface area contributed by atoms with Gasteiger partial charge in [-0.25, -0.2) is 0 Å². The molecule has 0 aromatic carbocycles. The van der Waals surface area contributed by atoms with Crippen LogP contribution >= 0.6 is 0 Å². The topological polar surface area (TPSA) is 32.4 Å². The Kier molecular flexibility index (Phi) is 28.7. The molecule has 386 valence electrons. The molecule has 5 atom stereocenters. The van der Waals surface area contributed by atoms with Gasteiger partial charge < -0.3 is 24.5 Å². The number of likely N-dealkylation sites (N-methyl/N-ethyl adjacent to an activating group) is 5. The Morgan fingerprint density at radius 2 is 1.03 bits per heavy atom. The van der Waals surface area contributed by atoms with Gasteiger partial charge in [-0.1, -0.05) is 46.8 Å². The molecule has 10 heteroatoms. The molecular formula is C55H116N10. The highest BCUT2D eigenvalue weighted by molar-refractivity contribution is 5.09. The fraction of sp³-hybridized carbons (Fsp3) is 0.964. The molecule has 0 radical (unpaired) electrons. The van der Waals surface area contributed by atoms with E-state index >= 15 is 0 Å². The van der Waals surface area contributed by atoms with Crippen LogP contribution in [-0.4, -0.2) is 239 Å². The first kappa shape index (κ1) is 60.5. The van der Waals surface area contributed by atoms with Crippen LogP contribution in [0, 0.1) is 29.6 Å². The van der Waals surface area contributed by atoms with Crippen molar-refractivity contribution in [3.05, 3.63) is 11.6 Å². The Bertz CT molecular complexity index is 1250. The highest BCUT2D eigenvalue weighted by Crippen LogP contribution is 2.32. The Hall–Kier alpha value is -0.660. The first-order chi connectivity index (χ1) is 30.2. The van der Waals surface area contributed by atoms with Crippen LogP contribution in [0.4, 0.5) is 0 Å². The van der Waals surface area contributed by atoms with Crippen LogP contribution in [0.15, 0.2) is 11.6 Å². The Morgan fingerprint density at radius 3 is 1.49 bits per heavy atom. The van der Waals surface area contributed by atoms with Crippen LogP contribution in [0.25, 0.3) is 0 Å². The van der Waals surface area contributed by atoms with E-state index in [1.54, 1.807) is 5.57 Å². The maximum Gasteiger partial charge on any atom is 0.0506 e. The highest BCUT2D eigenvalue weighted by atomic mass is 15.4. The van der Waals surface area contributed by atoms with E-state index in [4.69, 9.17) is 0 Å². The molecule has 0 saturated carbocycles. The van der Waals surface area contributed by atoms with Gasteiger partial charge in [-0.2, -0.15) is 0 Å². The quantitative estimate of drug-likeness (QED) is 0.244. The van der Waals surface area contributed by atoms with Crippen molar-refractivity contribution in [1.29, 1.82) is 0 Å². The molecule has 8 aliphatic rings. The van der Waals surface area contributed by atoms with Gasteiger partial charge in [0.25, 0.3) is 0 Å². The van der Waals surface area contributed by atoms with E-state index in [0.717, 1.165) is 72.5 Å². The standard InChI is InChI=1S/C11H22N2.C10H20N2.C9H19N.C9H17N.C8H18N2.C7H16N2.CH4/c1-9(2)13-7-10-5-4-6-12(3)11(10)8-13;1-8(2)12-5-4-9-6-11(3)7-10(9)12;2*1-8(2)9-5-4-6-10(3)7-9;1-8(2)10-6-4-9(3)5-7-10;1-7(2)9-5-4-8(3)6-9;/h9-11H,4-8H2,1-3H3;8-10H,4-7H2,1-3H3;8-9H,4-7H2,1-3H3;5,8H,4,6-7H2,1-3H3;8H,4-7H2,1-3H3;7H,4-6H2,1-3H3;1H4. The summed E-state index contributed by atoms with van der Waals surface area (Å²) in [5.74, 6) is 4.50. The summed E-state index contributed by atoms with van der Waals surface area (Å²) in [6.07, 6.45) is 10.8. The van der Waals surface area contributed by atoms with E-state index in [2.05, 4.69) is 180 Å². The average Bonchev–Trinajstić information content (AvgIpc) is 4.04. The smallest absolute Gasteiger partial charge is 0.0506 e. The van der Waals surface area contributed by atoms with Crippen LogP contribution in [0.5, 0.6) is 0 Å². The van der Waals surface area contributed by atoms with Crippen LogP contribution < -0.4 is 0 Å². The minimum Gasteiger partial charge on any atom is -0.306 e. The lowest BCUT2D eigenvalue weighted by Gasteiger charge is -2.34. The molecule has 0 amide bonds. The third-order valence-electron chi connectivity index (χ3n) is 16.2. The number of rotatable bonds is 6. The van der Waals surface area contributed by atoms with Gasteiger partial charge in [-0.05, 0) is 185 Å². The van der Waals surface area contributed by atoms with E-state index in [1.165, 1.54) is 143 Å². The molecule has 8 rings (SSSR count). The summed E-state index contributed by atoms with van der Waals surface area (Å²) in [5.41, 5.74) is 1.61. The van der Waals surface area contributed by atoms with E-state index in [0.29, 0.717) is 0 Å². The van der Waals surface area contributed by atoms with Crippen LogP contribution in [0.1, 0.15) is 129 Å². The third kappa shape index (κ3) is 21.5. The lowest BCUT2D eigenvalue weighted by Crippen LogP contribution is -2.47. The fourth-order valence-electron chi connectivity index (χ4n) is 11.3. The maximum absolute atomic E-state index is 2.67. The predicted molar refractivity (Wildman–Crippen MR) is 287 cm³/mol. The molecule has 7 fully saturated rings. The SMILES string of the molecule is C.CC(C)C1=CCCN(C)C1.CC(C)C1CCCN(C)C1.CC(C)N1CC2CCCN(C)C2C1.CC(C)N1CCC2CN(C)CC21.CC(C)N1CCN(C)C1.CC(C)N1CCN(C)CC1. The largest absolute Gasteiger partial charge is 0.306 e. The second-order valence-corrected chi connectivity index (χ2v) is 23.6. The Morgan fingerprint density at radius 1 is 0.446 bits per heavy atom. The average molecular weight is 918 g/mol. The zero-order chi connectivity index (χ0) is 47.7. The minimum atomic E-state index is 0. The molecule has 8 aliphatic heterocycles. The van der Waals surface area contributed by atoms with Crippen molar-refractivity contribution in [3.63, 3.8) is 0 Å². The molecule has 0 N–H and O–H groups in total. The fourth-order valence-corrected chi connectivity index (χ4v) is 11.3. The highest BCUT2D eigenvalue weighted by Gasteiger charge is 2.41. The second kappa shape index (κ2) is 30.8. The van der Waals surface area contributed by atoms with Gasteiger partial charge in [0.1, 0.15) is 0 Å². The zero-order valence-corrected chi connectivity index (χ0v) is 46.2. The maximum atomic E-state index is 2.67. The predicted octanol–water partition coefficient (Wildman–Crippen LogP) is 8.22. The number of nitrogens with zero attached hydrogens (tertiary/aromatic N) is 10. The van der Waals surface area contributed by atoms with Crippen molar-refractivity contribution in [1.82, 2.24) is 49.0 Å². The summed E-state index contributed by atoms with van der Waals surface area (Å²) in [6.45, 7) is 49.1. The van der Waals surface area contributed by atoms with E-state index < -0.39 is 0 Å². The summed E-state index contributed by atoms with van der Waals surface area (Å²) in [7, 11) is 13.3. The zero-order valence-electron chi connectivity index (χ0n) is 46.2. The molecule has 0 aromatic heterocycles. The molecule has 8 heterocycles. The third-order valence-corrected chi connectivity index (χ3v) is 16.2. The van der Waals surface area contributed by atoms with Crippen LogP contribution in [0.2, 0.25) is 0 Å². The monoisotopic (exact) mass is 917 g/mol. The molecule has 7 saturated heterocycles. The molecule has 10 nitrogen and oxygen atoms in total. The summed E-state index contributed by atoms with van der Waals surface area (Å²) in [4.78, 5) is 24.9. The summed E-state index contributed by atoms with van der Waals surface area (Å²) >= 11 is 0. The first-order valence-electron chi connectivity index (χ1n) is 27.0. The minimum absolute atomic E-state index is 0. The van der Waals surface area contributed by atoms with E-state index in [1.807, 2.05) is 0 Å². The Balaban J connectivity index is 0.000000269. The van der Waals surface area contributed by atoms with Gasteiger partial charge in [0.2, 0.25) is 0 Å². The van der Waals surface area contributed by atoms with Gasteiger partial charge >= 0.3 is 0 Å². The summed E-state index contributed by atoms with van der Waals surface area (Å²) < 4.78 is 0. The van der Waals surface area contributed by atoms with Crippen LogP contribution in [-0.2, 0) is 0 Å². The van der Waals surface area contributed by atoms with Gasteiger partial charge in [-0.3, -0.25) is 24.5 Å². The van der Waals surface area contributed by atoms with Crippen molar-refractivity contribution < 1.29 is 0 Å². The number of likely N-dealkylation sites (tertiary alicyclic amines) is 5. The van der Waals surface area contributed by atoms with Crippen molar-refractivity contribution in [2.24, 2.45) is 29.6 Å². The molecule has 0 aromatic rings. The number of fused-ring (bicyclic) bond motifs is 2. The molecule has 0 aliphatic carbocycles. The summed E-state index contributed by atoms with van der Waals surface area (Å²) in [6, 6.07) is 4.65. The van der Waals surface area contributed by atoms with Gasteiger partial charge in [0.05, 0.1) is 6.67 Å². The van der Waals surface area contributed by atoms with E-state index in [-0.39, 0.29) is 7.43 Å². The summed E-state index contributed by atoms with van der Waals surface area (Å²) in [5, 5.41) is 0. The van der Waals surface area contributed by atoms with Gasteiger partial charge in [0, 0.05) is 121 Å². The van der Waals surface area contributed by atoms with Crippen molar-refractivity contribution >= 4 is 0 Å². The Labute approximate surface area is 407 Å². The molecular weight excluding hydrogens is 801 g/mol. The number of hydrogen-bond acceptors (Lipinski definition) is 10. The van der Waals surface area contributed by atoms with Crippen molar-refractivity contribution in [2.75, 3.05) is 154 Å². The number of piperazine rings is 1. The normalized spacial score (nSPS) is 29.2. The molecule has 5 unspecified atom stereocenters. The molecule has 0 spiro atoms. The second-order valence-electron chi connectivity index (χ2n) is 23.6. The van der Waals surface area contributed by atoms with Gasteiger partial charge in [0.15, 0.2) is 0 Å². The van der Waals surface area contributed by atoms with Crippen molar-refractivity contribution in [2.45, 2.75) is 165 Å². The number of hydrogen-bond donors (Lipinski definition) is 0. The molecule has 0 bridgehead atoms. The lowest BCUT2D eigenvalue weighted by molar-refractivity contribution is 0.126. The van der Waals surface area contributed by atoms with Crippen molar-refractivity contribution in [3.8, 4) is 0 Å².